The van der Waals surface area contributed by atoms with Gasteiger partial charge in [-0.3, -0.25) is 19.4 Å². The van der Waals surface area contributed by atoms with E-state index in [-0.39, 0.29) is 23.9 Å². The maximum Gasteiger partial charge on any atom is 0.228 e. The molecule has 2 amide bonds. The highest BCUT2D eigenvalue weighted by atomic mass is 16.2. The Labute approximate surface area is 82.5 Å². The quantitative estimate of drug-likeness (QED) is 0.645. The third-order valence-corrected chi connectivity index (χ3v) is 2.83. The van der Waals surface area contributed by atoms with Crippen molar-refractivity contribution in [2.45, 2.75) is 19.0 Å². The molecule has 2 aliphatic heterocycles. The van der Waals surface area contributed by atoms with Gasteiger partial charge < -0.3 is 0 Å². The van der Waals surface area contributed by atoms with Crippen LogP contribution in [0.3, 0.4) is 0 Å². The smallest absolute Gasteiger partial charge is 0.228 e. The molecular weight excluding hydrogens is 180 g/mol. The maximum absolute atomic E-state index is 11.5. The Kier molecular flexibility index (Phi) is 1.91. The zero-order valence-corrected chi connectivity index (χ0v) is 7.85. The van der Waals surface area contributed by atoms with Crippen LogP contribution < -0.4 is 0 Å². The van der Waals surface area contributed by atoms with E-state index in [0.29, 0.717) is 12.8 Å². The third kappa shape index (κ3) is 0.999. The summed E-state index contributed by atoms with van der Waals surface area (Å²) in [5.41, 5.74) is 0. The lowest BCUT2D eigenvalue weighted by Crippen LogP contribution is -2.40. The number of nitrogens with zero attached hydrogens (tertiary/aromatic N) is 2. The van der Waals surface area contributed by atoms with Crippen molar-refractivity contribution in [2.24, 2.45) is 5.92 Å². The minimum atomic E-state index is -0.176. The van der Waals surface area contributed by atoms with Crippen molar-refractivity contribution in [1.82, 2.24) is 9.80 Å². The Morgan fingerprint density at radius 2 is 1.50 bits per heavy atom. The van der Waals surface area contributed by atoms with Gasteiger partial charge in [-0.2, -0.15) is 0 Å². The lowest BCUT2D eigenvalue weighted by molar-refractivity contribution is -0.132. The summed E-state index contributed by atoms with van der Waals surface area (Å²) in [4.78, 5) is 26.0. The van der Waals surface area contributed by atoms with Gasteiger partial charge in [0.05, 0.1) is 0 Å². The van der Waals surface area contributed by atoms with Gasteiger partial charge in [0.15, 0.2) is 0 Å². The molecule has 0 aromatic rings. The number of hydrogen-bond donors (Lipinski definition) is 0. The van der Waals surface area contributed by atoms with E-state index in [0.717, 1.165) is 0 Å². The van der Waals surface area contributed by atoms with Crippen LogP contribution in [0.1, 0.15) is 12.8 Å². The van der Waals surface area contributed by atoms with Crippen LogP contribution in [0.25, 0.3) is 0 Å². The van der Waals surface area contributed by atoms with E-state index in [9.17, 15) is 9.59 Å². The zero-order chi connectivity index (χ0) is 10.3. The summed E-state index contributed by atoms with van der Waals surface area (Å²) in [6, 6.07) is 0. The van der Waals surface area contributed by atoms with Crippen LogP contribution in [-0.2, 0) is 9.59 Å². The fourth-order valence-electron chi connectivity index (χ4n) is 2.25. The number of likely N-dealkylation sites (tertiary alicyclic amines) is 2. The van der Waals surface area contributed by atoms with E-state index in [1.165, 1.54) is 22.2 Å². The highest BCUT2D eigenvalue weighted by Gasteiger charge is 2.48. The van der Waals surface area contributed by atoms with Gasteiger partial charge in [-0.15, -0.1) is 0 Å². The molecule has 14 heavy (non-hydrogen) atoms. The molecule has 4 nitrogen and oxygen atoms in total. The minimum absolute atomic E-state index is 0.0364. The molecule has 2 heterocycles. The Balaban J connectivity index is 2.32. The van der Waals surface area contributed by atoms with Crippen LogP contribution in [0.15, 0.2) is 25.6 Å². The minimum Gasteiger partial charge on any atom is -0.298 e. The predicted octanol–water partition coefficient (Wildman–Crippen LogP) is 0.680. The predicted molar refractivity (Wildman–Crippen MR) is 50.6 cm³/mol. The molecule has 2 rings (SSSR count). The van der Waals surface area contributed by atoms with Crippen molar-refractivity contribution in [3.05, 3.63) is 25.6 Å². The lowest BCUT2D eigenvalue weighted by atomic mass is 10.1. The molecule has 0 atom stereocenters. The zero-order valence-electron chi connectivity index (χ0n) is 7.85. The number of hydrogen-bond acceptors (Lipinski definition) is 2. The van der Waals surface area contributed by atoms with E-state index in [1.807, 2.05) is 0 Å². The Morgan fingerprint density at radius 1 is 1.07 bits per heavy atom. The molecular formula is C10H12N2O2. The fraction of sp³-hybridized carbons (Fsp3) is 0.400. The normalized spacial score (nSPS) is 30.9. The Morgan fingerprint density at radius 3 is 1.86 bits per heavy atom. The molecule has 0 N–H and O–H groups in total. The fourth-order valence-corrected chi connectivity index (χ4v) is 2.25. The van der Waals surface area contributed by atoms with Crippen LogP contribution in [0, 0.1) is 5.92 Å². The number of rotatable bonds is 2. The van der Waals surface area contributed by atoms with Crippen LogP contribution in [0.4, 0.5) is 0 Å². The maximum atomic E-state index is 11.5. The van der Waals surface area contributed by atoms with Crippen molar-refractivity contribution >= 4 is 11.8 Å². The van der Waals surface area contributed by atoms with Crippen LogP contribution in [0.2, 0.25) is 0 Å². The van der Waals surface area contributed by atoms with Crippen LogP contribution >= 0.6 is 0 Å². The van der Waals surface area contributed by atoms with Crippen molar-refractivity contribution in [3.63, 3.8) is 0 Å². The highest BCUT2D eigenvalue weighted by molar-refractivity contribution is 5.87. The van der Waals surface area contributed by atoms with Gasteiger partial charge in [-0.1, -0.05) is 13.2 Å². The first-order chi connectivity index (χ1) is 6.69. The summed E-state index contributed by atoms with van der Waals surface area (Å²) in [5.74, 6) is 0.176. The standard InChI is InChI=1S/C10H12N2O2/c1-3-11-8(13)5-7-6-9(14)12(4-2)10(7)11/h3-4,7,10H,1-2,5-6H2. The summed E-state index contributed by atoms with van der Waals surface area (Å²) in [6.45, 7) is 7.16. The summed E-state index contributed by atoms with van der Waals surface area (Å²) >= 11 is 0. The molecule has 0 aliphatic carbocycles. The second-order valence-corrected chi connectivity index (χ2v) is 3.55. The second kappa shape index (κ2) is 2.97. The van der Waals surface area contributed by atoms with Crippen LogP contribution in [0.5, 0.6) is 0 Å². The number of fused-ring (bicyclic) bond motifs is 1. The van der Waals surface area contributed by atoms with Crippen molar-refractivity contribution in [2.75, 3.05) is 0 Å². The summed E-state index contributed by atoms with van der Waals surface area (Å²) in [7, 11) is 0. The highest BCUT2D eigenvalue weighted by Crippen LogP contribution is 2.37. The average molecular weight is 192 g/mol. The molecule has 2 saturated heterocycles. The Hall–Kier alpha value is -1.58. The van der Waals surface area contributed by atoms with Gasteiger partial charge in [0.2, 0.25) is 11.8 Å². The van der Waals surface area contributed by atoms with Gasteiger partial charge in [0, 0.05) is 31.2 Å². The average Bonchev–Trinajstić information content (AvgIpc) is 2.58. The summed E-state index contributed by atoms with van der Waals surface area (Å²) in [6.07, 6.45) is 3.68. The summed E-state index contributed by atoms with van der Waals surface area (Å²) in [5, 5.41) is 0. The molecule has 0 bridgehead atoms. The second-order valence-electron chi connectivity index (χ2n) is 3.55. The first-order valence-electron chi connectivity index (χ1n) is 4.56. The van der Waals surface area contributed by atoms with Gasteiger partial charge in [0.1, 0.15) is 6.17 Å². The van der Waals surface area contributed by atoms with Crippen molar-refractivity contribution in [1.29, 1.82) is 0 Å². The van der Waals surface area contributed by atoms with E-state index < -0.39 is 0 Å². The van der Waals surface area contributed by atoms with Gasteiger partial charge >= 0.3 is 0 Å². The molecule has 0 aromatic carbocycles. The number of carbonyl (C=O) groups is 2. The molecule has 0 aromatic heterocycles. The molecule has 2 aliphatic rings. The van der Waals surface area contributed by atoms with Gasteiger partial charge in [-0.05, 0) is 0 Å². The molecule has 0 radical (unpaired) electrons. The van der Waals surface area contributed by atoms with E-state index in [2.05, 4.69) is 13.2 Å². The number of carbonyl (C=O) groups excluding carboxylic acids is 2. The van der Waals surface area contributed by atoms with E-state index in [1.54, 1.807) is 0 Å². The van der Waals surface area contributed by atoms with Crippen molar-refractivity contribution in [3.8, 4) is 0 Å². The molecule has 2 fully saturated rings. The molecule has 0 saturated carbocycles. The van der Waals surface area contributed by atoms with E-state index >= 15 is 0 Å². The largest absolute Gasteiger partial charge is 0.298 e. The van der Waals surface area contributed by atoms with Gasteiger partial charge in [-0.25, -0.2) is 0 Å². The lowest BCUT2D eigenvalue weighted by Gasteiger charge is -2.26. The Bertz CT molecular complexity index is 294. The third-order valence-electron chi connectivity index (χ3n) is 2.83. The molecule has 74 valence electrons. The number of amides is 2. The molecule has 0 spiro atoms. The van der Waals surface area contributed by atoms with Crippen molar-refractivity contribution < 1.29 is 9.59 Å². The molecule has 0 unspecified atom stereocenters. The summed E-state index contributed by atoms with van der Waals surface area (Å²) < 4.78 is 0. The SMILES string of the molecule is C=CN1C(=O)CC2CC(=O)N(C=C)C21. The topological polar surface area (TPSA) is 40.6 Å². The molecule has 4 heteroatoms. The first-order valence-corrected chi connectivity index (χ1v) is 4.56. The van der Waals surface area contributed by atoms with E-state index in [4.69, 9.17) is 0 Å². The van der Waals surface area contributed by atoms with Gasteiger partial charge in [0.25, 0.3) is 0 Å². The first kappa shape index (κ1) is 8.99. The van der Waals surface area contributed by atoms with Crippen LogP contribution in [-0.4, -0.2) is 27.8 Å². The monoisotopic (exact) mass is 192 g/mol.